The maximum atomic E-state index is 12.8. The van der Waals surface area contributed by atoms with Gasteiger partial charge in [0, 0.05) is 11.8 Å². The quantitative estimate of drug-likeness (QED) is 0.343. The molecule has 0 unspecified atom stereocenters. The summed E-state index contributed by atoms with van der Waals surface area (Å²) in [5.41, 5.74) is 0. The van der Waals surface area contributed by atoms with E-state index in [1.807, 2.05) is 0 Å². The van der Waals surface area contributed by atoms with Crippen molar-refractivity contribution in [2.24, 2.45) is 23.7 Å². The minimum absolute atomic E-state index is 0.0184. The van der Waals surface area contributed by atoms with Gasteiger partial charge in [-0.2, -0.15) is 5.06 Å². The van der Waals surface area contributed by atoms with Crippen molar-refractivity contribution < 1.29 is 19.2 Å². The van der Waals surface area contributed by atoms with E-state index in [2.05, 4.69) is 6.58 Å². The zero-order chi connectivity index (χ0) is 19.7. The van der Waals surface area contributed by atoms with Crippen LogP contribution in [0.25, 0.3) is 0 Å². The number of halogens is 6. The molecule has 3 aliphatic heterocycles. The zero-order valence-corrected chi connectivity index (χ0v) is 17.8. The molecule has 5 nitrogen and oxygen atoms in total. The van der Waals surface area contributed by atoms with Crippen molar-refractivity contribution >= 4 is 81.4 Å². The molecule has 0 spiro atoms. The fourth-order valence-corrected chi connectivity index (χ4v) is 8.59. The molecular weight excluding hydrogens is 483 g/mol. The van der Waals surface area contributed by atoms with Crippen molar-refractivity contribution in [2.45, 2.75) is 26.3 Å². The molecule has 27 heavy (non-hydrogen) atoms. The Kier molecular flexibility index (Phi) is 3.92. The Labute approximate surface area is 184 Å². The van der Waals surface area contributed by atoms with Crippen molar-refractivity contribution in [1.29, 1.82) is 0 Å². The van der Waals surface area contributed by atoms with E-state index in [-0.39, 0.29) is 16.7 Å². The molecule has 5 aliphatic rings. The highest BCUT2D eigenvalue weighted by molar-refractivity contribution is 6.65. The molecule has 3 heterocycles. The molecule has 2 amide bonds. The van der Waals surface area contributed by atoms with Gasteiger partial charge in [-0.3, -0.25) is 14.4 Å². The number of ether oxygens (including phenoxy) is 1. The molecule has 5 rings (SSSR count). The molecule has 0 aromatic heterocycles. The van der Waals surface area contributed by atoms with Crippen LogP contribution in [0, 0.1) is 23.7 Å². The number of rotatable bonds is 3. The standard InChI is InChI=1S/C16H11Cl6NO4/c1-2-3-26-23-12(24)4-5(13(23)25)9-7-6(8(4)27-9)14(19)10(17)11(18)15(7,20)16(14,21)22/h2,4-9H,1,3H2/t4-,5+,6-,7-,8+,9-,14+,15+/m0/s1. The lowest BCUT2D eigenvalue weighted by atomic mass is 9.65. The summed E-state index contributed by atoms with van der Waals surface area (Å²) in [6.07, 6.45) is -0.0192. The van der Waals surface area contributed by atoms with Crippen LogP contribution in [0.2, 0.25) is 0 Å². The van der Waals surface area contributed by atoms with E-state index < -0.39 is 61.8 Å². The van der Waals surface area contributed by atoms with Crippen LogP contribution in [0.1, 0.15) is 0 Å². The summed E-state index contributed by atoms with van der Waals surface area (Å²) >= 11 is 39.7. The molecular formula is C16H11Cl6NO4. The number of nitrogens with zero attached hydrogens (tertiary/aromatic N) is 1. The van der Waals surface area contributed by atoms with E-state index >= 15 is 0 Å². The smallest absolute Gasteiger partial charge is 0.260 e. The van der Waals surface area contributed by atoms with Crippen molar-refractivity contribution in [2.75, 3.05) is 6.61 Å². The summed E-state index contributed by atoms with van der Waals surface area (Å²) in [4.78, 5) is 27.9. The largest absolute Gasteiger partial charge is 0.373 e. The predicted molar refractivity (Wildman–Crippen MR) is 101 cm³/mol. The zero-order valence-electron chi connectivity index (χ0n) is 13.3. The maximum Gasteiger partial charge on any atom is 0.260 e. The topological polar surface area (TPSA) is 55.8 Å². The predicted octanol–water partition coefficient (Wildman–Crippen LogP) is 3.56. The Bertz CT molecular complexity index is 789. The minimum atomic E-state index is -1.73. The van der Waals surface area contributed by atoms with Crippen LogP contribution in [0.5, 0.6) is 0 Å². The summed E-state index contributed by atoms with van der Waals surface area (Å²) in [5, 5.41) is 0.878. The molecule has 0 aromatic carbocycles. The van der Waals surface area contributed by atoms with Gasteiger partial charge in [0.1, 0.15) is 9.75 Å². The average molecular weight is 494 g/mol. The Balaban J connectivity index is 1.62. The van der Waals surface area contributed by atoms with Crippen LogP contribution < -0.4 is 0 Å². The lowest BCUT2D eigenvalue weighted by Crippen LogP contribution is -2.50. The second kappa shape index (κ2) is 5.50. The molecule has 11 heteroatoms. The molecule has 146 valence electrons. The number of amides is 2. The van der Waals surface area contributed by atoms with Gasteiger partial charge in [-0.25, -0.2) is 0 Å². The maximum absolute atomic E-state index is 12.8. The molecule has 4 fully saturated rings. The Morgan fingerprint density at radius 3 is 1.85 bits per heavy atom. The summed E-state index contributed by atoms with van der Waals surface area (Å²) in [5.74, 6) is -3.68. The van der Waals surface area contributed by atoms with Gasteiger partial charge in [0.25, 0.3) is 11.8 Å². The molecule has 8 atom stereocenters. The van der Waals surface area contributed by atoms with Crippen LogP contribution in [0.4, 0.5) is 0 Å². The fraction of sp³-hybridized carbons (Fsp3) is 0.625. The first kappa shape index (κ1) is 19.3. The monoisotopic (exact) mass is 491 g/mol. The normalized spacial score (nSPS) is 51.4. The van der Waals surface area contributed by atoms with Crippen LogP contribution in [0.15, 0.2) is 22.7 Å². The lowest BCUT2D eigenvalue weighted by molar-refractivity contribution is -0.189. The number of imide groups is 1. The summed E-state index contributed by atoms with van der Waals surface area (Å²) in [6, 6.07) is 0. The molecule has 1 saturated carbocycles. The number of alkyl halides is 4. The van der Waals surface area contributed by atoms with E-state index in [1.54, 1.807) is 0 Å². The van der Waals surface area contributed by atoms with E-state index in [0.29, 0.717) is 0 Å². The van der Waals surface area contributed by atoms with E-state index in [0.717, 1.165) is 5.06 Å². The van der Waals surface area contributed by atoms with Gasteiger partial charge >= 0.3 is 0 Å². The Hall–Kier alpha value is 0.280. The van der Waals surface area contributed by atoms with Gasteiger partial charge < -0.3 is 4.74 Å². The second-order valence-corrected chi connectivity index (χ2v) is 10.6. The van der Waals surface area contributed by atoms with Crippen molar-refractivity contribution in [3.8, 4) is 0 Å². The number of allylic oxidation sites excluding steroid dienone is 2. The average Bonchev–Trinajstić information content (AvgIpc) is 3.31. The molecule has 4 bridgehead atoms. The van der Waals surface area contributed by atoms with E-state index in [1.165, 1.54) is 6.08 Å². The number of carbonyl (C=O) groups is 2. The number of hydrogen-bond donors (Lipinski definition) is 0. The summed E-state index contributed by atoms with van der Waals surface area (Å²) < 4.78 is 4.30. The number of carbonyl (C=O) groups excluding carboxylic acids is 2. The van der Waals surface area contributed by atoms with Gasteiger partial charge in [0.15, 0.2) is 4.33 Å². The van der Waals surface area contributed by atoms with Crippen molar-refractivity contribution in [1.82, 2.24) is 5.06 Å². The number of fused-ring (bicyclic) bond motifs is 12. The first-order valence-electron chi connectivity index (χ1n) is 8.15. The first-order valence-corrected chi connectivity index (χ1v) is 10.4. The number of hydroxylamine groups is 2. The Morgan fingerprint density at radius 1 is 1.00 bits per heavy atom. The van der Waals surface area contributed by atoms with Gasteiger partial charge in [0.2, 0.25) is 0 Å². The van der Waals surface area contributed by atoms with Gasteiger partial charge in [0.05, 0.1) is 40.7 Å². The minimum Gasteiger partial charge on any atom is -0.373 e. The third kappa shape index (κ3) is 1.74. The third-order valence-electron chi connectivity index (χ3n) is 6.46. The highest BCUT2D eigenvalue weighted by Gasteiger charge is 2.90. The van der Waals surface area contributed by atoms with Crippen LogP contribution in [-0.2, 0) is 19.2 Å². The summed E-state index contributed by atoms with van der Waals surface area (Å²) in [6.45, 7) is 3.53. The van der Waals surface area contributed by atoms with Gasteiger partial charge in [-0.05, 0) is 0 Å². The molecule has 3 saturated heterocycles. The molecule has 0 N–H and O–H groups in total. The molecule has 0 radical (unpaired) electrons. The Morgan fingerprint density at radius 2 is 1.44 bits per heavy atom. The molecule has 0 aromatic rings. The molecule has 2 aliphatic carbocycles. The van der Waals surface area contributed by atoms with Crippen LogP contribution in [0.3, 0.4) is 0 Å². The van der Waals surface area contributed by atoms with Crippen molar-refractivity contribution in [3.63, 3.8) is 0 Å². The third-order valence-corrected chi connectivity index (χ3v) is 10.8. The summed E-state index contributed by atoms with van der Waals surface area (Å²) in [7, 11) is 0. The lowest BCUT2D eigenvalue weighted by Gasteiger charge is -2.39. The number of hydrogen-bond acceptors (Lipinski definition) is 4. The van der Waals surface area contributed by atoms with Gasteiger partial charge in [-0.15, -0.1) is 29.8 Å². The fourth-order valence-electron chi connectivity index (χ4n) is 5.52. The van der Waals surface area contributed by atoms with Crippen LogP contribution in [-0.4, -0.2) is 49.8 Å². The van der Waals surface area contributed by atoms with Crippen molar-refractivity contribution in [3.05, 3.63) is 22.7 Å². The highest BCUT2D eigenvalue weighted by Crippen LogP contribution is 2.81. The van der Waals surface area contributed by atoms with Gasteiger partial charge in [-0.1, -0.05) is 52.5 Å². The SMILES string of the molecule is C=CCON1C(=O)[C@@H]2[C@H]3O[C@@H]([C@@H]2C1=O)[C@@H]1[C@@H]3[C@@]2(Cl)C(Cl)=C(Cl)[C@@]1(Cl)C2(Cl)Cl. The van der Waals surface area contributed by atoms with E-state index in [9.17, 15) is 9.59 Å². The second-order valence-electron chi connectivity index (χ2n) is 7.35. The van der Waals surface area contributed by atoms with E-state index in [4.69, 9.17) is 79.2 Å². The van der Waals surface area contributed by atoms with Crippen LogP contribution >= 0.6 is 69.6 Å². The highest BCUT2D eigenvalue weighted by atomic mass is 35.5. The first-order chi connectivity index (χ1) is 12.6.